The number of hydrogen-bond acceptors (Lipinski definition) is 4. The van der Waals surface area contributed by atoms with Crippen LogP contribution in [0.15, 0.2) is 0 Å². The molecular formula is C10H18N2O4. The summed E-state index contributed by atoms with van der Waals surface area (Å²) in [5.41, 5.74) is 4.51. The molecule has 0 bridgehead atoms. The second kappa shape index (κ2) is 4.29. The molecular weight excluding hydrogens is 212 g/mol. The maximum Gasteiger partial charge on any atom is 0.410 e. The molecule has 0 aliphatic carbocycles. The molecule has 0 aromatic carbocycles. The highest BCUT2D eigenvalue weighted by Crippen LogP contribution is 2.19. The summed E-state index contributed by atoms with van der Waals surface area (Å²) in [6, 6.07) is 0. The number of nitrogens with zero attached hydrogens (tertiary/aromatic N) is 1. The Morgan fingerprint density at radius 1 is 1.38 bits per heavy atom. The van der Waals surface area contributed by atoms with Gasteiger partial charge in [-0.3, -0.25) is 4.79 Å². The van der Waals surface area contributed by atoms with Crippen LogP contribution in [-0.2, 0) is 9.53 Å². The molecule has 1 fully saturated rings. The number of aliphatic hydroxyl groups is 1. The van der Waals surface area contributed by atoms with E-state index in [9.17, 15) is 14.7 Å². The van der Waals surface area contributed by atoms with Gasteiger partial charge in [-0.1, -0.05) is 0 Å². The van der Waals surface area contributed by atoms with E-state index in [0.717, 1.165) is 0 Å². The average molecular weight is 230 g/mol. The summed E-state index contributed by atoms with van der Waals surface area (Å²) in [6.07, 6.45) is -1.43. The molecule has 16 heavy (non-hydrogen) atoms. The van der Waals surface area contributed by atoms with Crippen LogP contribution in [0.2, 0.25) is 0 Å². The van der Waals surface area contributed by atoms with Crippen molar-refractivity contribution in [2.45, 2.75) is 32.5 Å². The minimum Gasteiger partial charge on any atom is -0.444 e. The van der Waals surface area contributed by atoms with Crippen molar-refractivity contribution in [1.82, 2.24) is 4.90 Å². The van der Waals surface area contributed by atoms with Crippen LogP contribution in [0.5, 0.6) is 0 Å². The van der Waals surface area contributed by atoms with Gasteiger partial charge in [-0.2, -0.15) is 0 Å². The number of aliphatic hydroxyl groups excluding tert-OH is 1. The van der Waals surface area contributed by atoms with Gasteiger partial charge in [0.25, 0.3) is 0 Å². The van der Waals surface area contributed by atoms with E-state index in [4.69, 9.17) is 10.5 Å². The van der Waals surface area contributed by atoms with Crippen molar-refractivity contribution in [2.75, 3.05) is 13.1 Å². The fourth-order valence-electron chi connectivity index (χ4n) is 1.54. The second-order valence-electron chi connectivity index (χ2n) is 4.96. The Hall–Kier alpha value is -1.30. The van der Waals surface area contributed by atoms with Crippen LogP contribution in [0.4, 0.5) is 4.79 Å². The van der Waals surface area contributed by atoms with Crippen LogP contribution in [0.25, 0.3) is 0 Å². The number of nitrogens with two attached hydrogens (primary N) is 1. The van der Waals surface area contributed by atoms with Gasteiger partial charge in [0.2, 0.25) is 5.91 Å². The zero-order chi connectivity index (χ0) is 12.5. The van der Waals surface area contributed by atoms with E-state index in [-0.39, 0.29) is 13.1 Å². The number of β-amino-alcohol motifs (C(OH)–C–C–N with tert-alkyl or cyclic N) is 1. The number of rotatable bonds is 1. The third-order valence-corrected chi connectivity index (χ3v) is 2.31. The molecule has 0 radical (unpaired) electrons. The van der Waals surface area contributed by atoms with E-state index in [1.54, 1.807) is 20.8 Å². The predicted octanol–water partition coefficient (Wildman–Crippen LogP) is -0.301. The van der Waals surface area contributed by atoms with Crippen molar-refractivity contribution in [2.24, 2.45) is 11.7 Å². The highest BCUT2D eigenvalue weighted by molar-refractivity contribution is 5.79. The topological polar surface area (TPSA) is 92.9 Å². The molecule has 0 spiro atoms. The van der Waals surface area contributed by atoms with Crippen LogP contribution in [-0.4, -0.2) is 46.8 Å². The van der Waals surface area contributed by atoms with Gasteiger partial charge in [-0.15, -0.1) is 0 Å². The van der Waals surface area contributed by atoms with Crippen molar-refractivity contribution < 1.29 is 19.4 Å². The zero-order valence-corrected chi connectivity index (χ0v) is 9.77. The second-order valence-corrected chi connectivity index (χ2v) is 4.96. The van der Waals surface area contributed by atoms with Crippen molar-refractivity contribution in [1.29, 1.82) is 0 Å². The smallest absolute Gasteiger partial charge is 0.410 e. The number of likely N-dealkylation sites (tertiary alicyclic amines) is 1. The fourth-order valence-corrected chi connectivity index (χ4v) is 1.54. The largest absolute Gasteiger partial charge is 0.444 e. The Bertz CT molecular complexity index is 298. The van der Waals surface area contributed by atoms with Crippen LogP contribution in [0.1, 0.15) is 20.8 Å². The third kappa shape index (κ3) is 3.10. The van der Waals surface area contributed by atoms with E-state index in [1.165, 1.54) is 4.90 Å². The lowest BCUT2D eigenvalue weighted by molar-refractivity contribution is -0.123. The molecule has 0 aromatic rings. The summed E-state index contributed by atoms with van der Waals surface area (Å²) in [6.45, 7) is 5.46. The van der Waals surface area contributed by atoms with Gasteiger partial charge >= 0.3 is 6.09 Å². The Morgan fingerprint density at radius 3 is 2.31 bits per heavy atom. The van der Waals surface area contributed by atoms with Crippen LogP contribution < -0.4 is 5.73 Å². The van der Waals surface area contributed by atoms with Gasteiger partial charge in [0, 0.05) is 6.54 Å². The lowest BCUT2D eigenvalue weighted by Crippen LogP contribution is -2.36. The minimum absolute atomic E-state index is 0.0858. The molecule has 2 atom stereocenters. The number of hydrogen-bond donors (Lipinski definition) is 2. The van der Waals surface area contributed by atoms with Gasteiger partial charge in [0.05, 0.1) is 18.6 Å². The van der Waals surface area contributed by atoms with Gasteiger partial charge in [0.1, 0.15) is 5.60 Å². The number of ether oxygens (including phenoxy) is 1. The summed E-state index contributed by atoms with van der Waals surface area (Å²) in [4.78, 5) is 23.9. The third-order valence-electron chi connectivity index (χ3n) is 2.31. The lowest BCUT2D eigenvalue weighted by Gasteiger charge is -2.24. The molecule has 0 saturated carbocycles. The number of primary amides is 1. The lowest BCUT2D eigenvalue weighted by atomic mass is 10.1. The summed E-state index contributed by atoms with van der Waals surface area (Å²) in [7, 11) is 0. The maximum atomic E-state index is 11.6. The van der Waals surface area contributed by atoms with Crippen LogP contribution >= 0.6 is 0 Å². The summed E-state index contributed by atoms with van der Waals surface area (Å²) in [5.74, 6) is -1.30. The van der Waals surface area contributed by atoms with Crippen LogP contribution in [0, 0.1) is 5.92 Å². The molecule has 3 N–H and O–H groups in total. The van der Waals surface area contributed by atoms with Gasteiger partial charge in [0.15, 0.2) is 0 Å². The van der Waals surface area contributed by atoms with E-state index < -0.39 is 29.6 Å². The van der Waals surface area contributed by atoms with E-state index in [0.29, 0.717) is 0 Å². The molecule has 1 rings (SSSR count). The molecule has 1 heterocycles. The maximum absolute atomic E-state index is 11.6. The molecule has 6 nitrogen and oxygen atoms in total. The minimum atomic E-state index is -0.898. The quantitative estimate of drug-likeness (QED) is 0.646. The summed E-state index contributed by atoms with van der Waals surface area (Å²) >= 11 is 0. The fraction of sp³-hybridized carbons (Fsp3) is 0.800. The Balaban J connectivity index is 2.58. The van der Waals surface area contributed by atoms with Crippen molar-refractivity contribution >= 4 is 12.0 Å². The molecule has 1 aliphatic heterocycles. The van der Waals surface area contributed by atoms with Gasteiger partial charge in [-0.05, 0) is 20.8 Å². The molecule has 2 unspecified atom stereocenters. The first kappa shape index (κ1) is 12.8. The number of amides is 2. The highest BCUT2D eigenvalue weighted by Gasteiger charge is 2.38. The normalized spacial score (nSPS) is 25.6. The Labute approximate surface area is 94.3 Å². The van der Waals surface area contributed by atoms with Crippen molar-refractivity contribution in [3.05, 3.63) is 0 Å². The summed E-state index contributed by atoms with van der Waals surface area (Å²) in [5, 5.41) is 9.53. The molecule has 1 saturated heterocycles. The first-order valence-electron chi connectivity index (χ1n) is 5.16. The first-order valence-corrected chi connectivity index (χ1v) is 5.16. The number of carbonyl (C=O) groups is 2. The molecule has 1 aliphatic rings. The average Bonchev–Trinajstić information content (AvgIpc) is 2.44. The Kier molecular flexibility index (Phi) is 3.42. The molecule has 0 aromatic heterocycles. The molecule has 92 valence electrons. The van der Waals surface area contributed by atoms with E-state index in [2.05, 4.69) is 0 Å². The predicted molar refractivity (Wildman–Crippen MR) is 56.5 cm³/mol. The van der Waals surface area contributed by atoms with Crippen LogP contribution in [0.3, 0.4) is 0 Å². The van der Waals surface area contributed by atoms with Crippen molar-refractivity contribution in [3.63, 3.8) is 0 Å². The highest BCUT2D eigenvalue weighted by atomic mass is 16.6. The monoisotopic (exact) mass is 230 g/mol. The summed E-state index contributed by atoms with van der Waals surface area (Å²) < 4.78 is 5.12. The Morgan fingerprint density at radius 2 is 1.94 bits per heavy atom. The van der Waals surface area contributed by atoms with E-state index in [1.807, 2.05) is 0 Å². The van der Waals surface area contributed by atoms with Crippen molar-refractivity contribution in [3.8, 4) is 0 Å². The zero-order valence-electron chi connectivity index (χ0n) is 9.77. The van der Waals surface area contributed by atoms with Gasteiger partial charge < -0.3 is 20.5 Å². The van der Waals surface area contributed by atoms with Gasteiger partial charge in [-0.25, -0.2) is 4.79 Å². The van der Waals surface area contributed by atoms with E-state index >= 15 is 0 Å². The SMILES string of the molecule is CC(C)(C)OC(=O)N1CC(O)C(C(N)=O)C1. The molecule has 6 heteroatoms. The standard InChI is InChI=1S/C10H18N2O4/c1-10(2,3)16-9(15)12-4-6(8(11)14)7(13)5-12/h6-7,13H,4-5H2,1-3H3,(H2,11,14). The number of carbonyl (C=O) groups excluding carboxylic acids is 2. The first-order chi connectivity index (χ1) is 7.20. The molecule has 2 amide bonds.